The third-order valence-corrected chi connectivity index (χ3v) is 2.95. The molecule has 1 rings (SSSR count). The average Bonchev–Trinajstić information content (AvgIpc) is 2.65. The van der Waals surface area contributed by atoms with E-state index < -0.39 is 0 Å². The lowest BCUT2D eigenvalue weighted by Crippen LogP contribution is -2.32. The van der Waals surface area contributed by atoms with Gasteiger partial charge in [-0.1, -0.05) is 12.8 Å². The molecule has 0 bridgehead atoms. The highest BCUT2D eigenvalue weighted by atomic mass is 32.1. The first-order valence-corrected chi connectivity index (χ1v) is 5.86. The molecule has 0 aromatic heterocycles. The fourth-order valence-corrected chi connectivity index (χ4v) is 2.03. The molecule has 0 N–H and O–H groups in total. The van der Waals surface area contributed by atoms with Crippen molar-refractivity contribution in [2.45, 2.75) is 31.7 Å². The number of hydrogen-bond acceptors (Lipinski definition) is 3. The summed E-state index contributed by atoms with van der Waals surface area (Å²) in [5, 5.41) is 0. The Morgan fingerprint density at radius 3 is 2.62 bits per heavy atom. The largest absolute Gasteiger partial charge is 0.379 e. The summed E-state index contributed by atoms with van der Waals surface area (Å²) in [6, 6.07) is 0.819. The van der Waals surface area contributed by atoms with Gasteiger partial charge in [-0.2, -0.15) is 12.6 Å². The molecule has 1 fully saturated rings. The number of ether oxygens (including phenoxy) is 1. The highest BCUT2D eigenvalue weighted by Gasteiger charge is 2.18. The zero-order valence-corrected chi connectivity index (χ0v) is 9.43. The fraction of sp³-hybridized carbons (Fsp3) is 1.00. The topological polar surface area (TPSA) is 12.5 Å². The van der Waals surface area contributed by atoms with Crippen LogP contribution < -0.4 is 0 Å². The van der Waals surface area contributed by atoms with Gasteiger partial charge in [0.15, 0.2) is 0 Å². The third-order valence-electron chi connectivity index (χ3n) is 2.77. The van der Waals surface area contributed by atoms with E-state index in [1.807, 2.05) is 0 Å². The Labute approximate surface area is 87.0 Å². The monoisotopic (exact) mass is 203 g/mol. The predicted octanol–water partition coefficient (Wildman–Crippen LogP) is 1.81. The number of hydrogen-bond donors (Lipinski definition) is 1. The van der Waals surface area contributed by atoms with Gasteiger partial charge in [0.2, 0.25) is 0 Å². The Bertz CT molecular complexity index is 126. The smallest absolute Gasteiger partial charge is 0.0593 e. The maximum atomic E-state index is 5.39. The summed E-state index contributed by atoms with van der Waals surface area (Å²) < 4.78 is 5.39. The summed E-state index contributed by atoms with van der Waals surface area (Å²) in [6.45, 7) is 2.70. The second kappa shape index (κ2) is 6.68. The SMILES string of the molecule is CN(CCOCCS)C1CCCC1. The van der Waals surface area contributed by atoms with Crippen molar-refractivity contribution in [1.29, 1.82) is 0 Å². The Balaban J connectivity index is 1.99. The quantitative estimate of drug-likeness (QED) is 0.522. The van der Waals surface area contributed by atoms with Gasteiger partial charge in [0.1, 0.15) is 0 Å². The molecule has 0 aromatic rings. The molecule has 0 aliphatic heterocycles. The van der Waals surface area contributed by atoms with Gasteiger partial charge in [0.25, 0.3) is 0 Å². The van der Waals surface area contributed by atoms with E-state index in [2.05, 4.69) is 24.6 Å². The Hall–Kier alpha value is 0.270. The summed E-state index contributed by atoms with van der Waals surface area (Å²) in [7, 11) is 2.21. The van der Waals surface area contributed by atoms with Gasteiger partial charge in [-0.25, -0.2) is 0 Å². The van der Waals surface area contributed by atoms with Crippen molar-refractivity contribution in [3.8, 4) is 0 Å². The maximum absolute atomic E-state index is 5.39. The summed E-state index contributed by atoms with van der Waals surface area (Å²) in [5.41, 5.74) is 0. The highest BCUT2D eigenvalue weighted by molar-refractivity contribution is 7.80. The van der Waals surface area contributed by atoms with Gasteiger partial charge >= 0.3 is 0 Å². The molecule has 0 saturated heterocycles. The number of thiol groups is 1. The molecule has 78 valence electrons. The van der Waals surface area contributed by atoms with Gasteiger partial charge in [-0.15, -0.1) is 0 Å². The number of nitrogens with zero attached hydrogens (tertiary/aromatic N) is 1. The predicted molar refractivity (Wildman–Crippen MR) is 59.6 cm³/mol. The standard InChI is InChI=1S/C10H21NOS/c1-11(6-7-12-8-9-13)10-4-2-3-5-10/h10,13H,2-9H2,1H3. The second-order valence-corrected chi connectivity index (χ2v) is 4.20. The van der Waals surface area contributed by atoms with Crippen molar-refractivity contribution in [1.82, 2.24) is 4.90 Å². The second-order valence-electron chi connectivity index (χ2n) is 3.75. The molecule has 13 heavy (non-hydrogen) atoms. The summed E-state index contributed by atoms with van der Waals surface area (Å²) in [5.74, 6) is 0.827. The molecule has 0 radical (unpaired) electrons. The van der Waals surface area contributed by atoms with Crippen LogP contribution in [0.25, 0.3) is 0 Å². The van der Waals surface area contributed by atoms with E-state index >= 15 is 0 Å². The van der Waals surface area contributed by atoms with E-state index in [9.17, 15) is 0 Å². The third kappa shape index (κ3) is 4.34. The van der Waals surface area contributed by atoms with Crippen molar-refractivity contribution in [2.24, 2.45) is 0 Å². The normalized spacial score (nSPS) is 18.7. The van der Waals surface area contributed by atoms with Crippen LogP contribution in [0.3, 0.4) is 0 Å². The average molecular weight is 203 g/mol. The van der Waals surface area contributed by atoms with Crippen LogP contribution in [0, 0.1) is 0 Å². The van der Waals surface area contributed by atoms with Crippen molar-refractivity contribution in [3.05, 3.63) is 0 Å². The van der Waals surface area contributed by atoms with Crippen molar-refractivity contribution < 1.29 is 4.74 Å². The molecule has 0 unspecified atom stereocenters. The molecule has 0 spiro atoms. The van der Waals surface area contributed by atoms with E-state index in [0.717, 1.165) is 31.6 Å². The van der Waals surface area contributed by atoms with Crippen LogP contribution in [0.2, 0.25) is 0 Å². The van der Waals surface area contributed by atoms with Crippen LogP contribution in [0.15, 0.2) is 0 Å². The molecule has 0 heterocycles. The van der Waals surface area contributed by atoms with Crippen LogP contribution >= 0.6 is 12.6 Å². The summed E-state index contributed by atoms with van der Waals surface area (Å²) in [4.78, 5) is 2.44. The molecule has 2 nitrogen and oxygen atoms in total. The molecule has 1 aliphatic carbocycles. The van der Waals surface area contributed by atoms with E-state index in [1.54, 1.807) is 0 Å². The van der Waals surface area contributed by atoms with Crippen molar-refractivity contribution in [2.75, 3.05) is 32.6 Å². The molecule has 0 atom stereocenters. The van der Waals surface area contributed by atoms with Gasteiger partial charge in [0.05, 0.1) is 13.2 Å². The lowest BCUT2D eigenvalue weighted by atomic mass is 10.2. The van der Waals surface area contributed by atoms with Crippen LogP contribution in [0.5, 0.6) is 0 Å². The first-order valence-electron chi connectivity index (χ1n) is 5.23. The van der Waals surface area contributed by atoms with Gasteiger partial charge < -0.3 is 9.64 Å². The Morgan fingerprint density at radius 2 is 2.00 bits per heavy atom. The summed E-state index contributed by atoms with van der Waals surface area (Å²) >= 11 is 4.09. The van der Waals surface area contributed by atoms with Crippen molar-refractivity contribution >= 4 is 12.6 Å². The van der Waals surface area contributed by atoms with E-state index in [0.29, 0.717) is 0 Å². The maximum Gasteiger partial charge on any atom is 0.0593 e. The lowest BCUT2D eigenvalue weighted by Gasteiger charge is -2.23. The molecule has 3 heteroatoms. The van der Waals surface area contributed by atoms with Crippen LogP contribution in [0.4, 0.5) is 0 Å². The molecular formula is C10H21NOS. The Kier molecular flexibility index (Phi) is 5.83. The van der Waals surface area contributed by atoms with Crippen molar-refractivity contribution in [3.63, 3.8) is 0 Å². The van der Waals surface area contributed by atoms with Gasteiger partial charge in [0, 0.05) is 18.3 Å². The van der Waals surface area contributed by atoms with E-state index in [-0.39, 0.29) is 0 Å². The minimum atomic E-state index is 0.779. The minimum absolute atomic E-state index is 0.779. The first-order chi connectivity index (χ1) is 6.34. The fourth-order valence-electron chi connectivity index (χ4n) is 1.90. The van der Waals surface area contributed by atoms with Crippen LogP contribution in [-0.2, 0) is 4.74 Å². The Morgan fingerprint density at radius 1 is 1.31 bits per heavy atom. The highest BCUT2D eigenvalue weighted by Crippen LogP contribution is 2.21. The molecule has 0 aromatic carbocycles. The van der Waals surface area contributed by atoms with Crippen LogP contribution in [-0.4, -0.2) is 43.5 Å². The lowest BCUT2D eigenvalue weighted by molar-refractivity contribution is 0.110. The molecule has 1 aliphatic rings. The molecule has 0 amide bonds. The van der Waals surface area contributed by atoms with E-state index in [4.69, 9.17) is 4.74 Å². The summed E-state index contributed by atoms with van der Waals surface area (Å²) in [6.07, 6.45) is 5.57. The van der Waals surface area contributed by atoms with Gasteiger partial charge in [-0.3, -0.25) is 0 Å². The molecular weight excluding hydrogens is 182 g/mol. The van der Waals surface area contributed by atoms with E-state index in [1.165, 1.54) is 25.7 Å². The van der Waals surface area contributed by atoms with Gasteiger partial charge in [-0.05, 0) is 19.9 Å². The first kappa shape index (κ1) is 11.3. The van der Waals surface area contributed by atoms with Crippen LogP contribution in [0.1, 0.15) is 25.7 Å². The zero-order chi connectivity index (χ0) is 9.52. The number of likely N-dealkylation sites (N-methyl/N-ethyl adjacent to an activating group) is 1. The zero-order valence-electron chi connectivity index (χ0n) is 8.54. The number of rotatable bonds is 6. The molecule has 1 saturated carbocycles. The minimum Gasteiger partial charge on any atom is -0.379 e.